The van der Waals surface area contributed by atoms with Crippen LogP contribution in [0, 0.1) is 9.49 Å². The lowest BCUT2D eigenvalue weighted by Gasteiger charge is -2.34. The number of hydrogen-bond acceptors (Lipinski definition) is 4. The highest BCUT2D eigenvalue weighted by Crippen LogP contribution is 2.41. The van der Waals surface area contributed by atoms with E-state index in [0.717, 1.165) is 27.4 Å². The molecule has 0 atom stereocenters. The van der Waals surface area contributed by atoms with Gasteiger partial charge in [-0.3, -0.25) is 4.79 Å². The van der Waals surface area contributed by atoms with Gasteiger partial charge in [0.05, 0.1) is 18.4 Å². The minimum atomic E-state index is -0.130. The van der Waals surface area contributed by atoms with Crippen LogP contribution < -0.4 is 0 Å². The maximum Gasteiger partial charge on any atom is 0.308 e. The summed E-state index contributed by atoms with van der Waals surface area (Å²) in [5.74, 6) is -0.127. The summed E-state index contributed by atoms with van der Waals surface area (Å²) in [5.41, 5.74) is 0.831. The summed E-state index contributed by atoms with van der Waals surface area (Å²) in [4.78, 5) is 19.7. The molecule has 0 radical (unpaired) electrons. The van der Waals surface area contributed by atoms with Gasteiger partial charge in [0.25, 0.3) is 0 Å². The van der Waals surface area contributed by atoms with Crippen LogP contribution in [-0.2, 0) is 9.53 Å². The number of aromatic nitrogens is 3. The van der Waals surface area contributed by atoms with Crippen LogP contribution in [0.5, 0.6) is 0 Å². The second kappa shape index (κ2) is 4.90. The van der Waals surface area contributed by atoms with Gasteiger partial charge in [-0.25, -0.2) is 9.97 Å². The van der Waals surface area contributed by atoms with Crippen LogP contribution in [0.15, 0.2) is 12.5 Å². The Labute approximate surface area is 128 Å². The van der Waals surface area contributed by atoms with E-state index < -0.39 is 0 Å². The van der Waals surface area contributed by atoms with E-state index in [0.29, 0.717) is 5.15 Å². The molecule has 0 aliphatic heterocycles. The number of esters is 1. The van der Waals surface area contributed by atoms with Gasteiger partial charge in [0, 0.05) is 15.8 Å². The van der Waals surface area contributed by atoms with Crippen molar-refractivity contribution in [2.45, 2.75) is 18.9 Å². The highest BCUT2D eigenvalue weighted by molar-refractivity contribution is 14.1. The standard InChI is InChI=1S/C12H11ClIN3O2/c1-19-12(18)6-2-7(3-6)17-4-8(14)9-10(13)15-5-16-11(9)17/h4-7H,2-3H2,1H3. The van der Waals surface area contributed by atoms with Gasteiger partial charge in [0.1, 0.15) is 17.1 Å². The molecule has 0 aromatic carbocycles. The molecule has 0 spiro atoms. The highest BCUT2D eigenvalue weighted by Gasteiger charge is 2.37. The maximum absolute atomic E-state index is 11.4. The van der Waals surface area contributed by atoms with Crippen LogP contribution in [0.2, 0.25) is 5.15 Å². The zero-order valence-corrected chi connectivity index (χ0v) is 13.1. The van der Waals surface area contributed by atoms with E-state index in [1.807, 2.05) is 6.20 Å². The van der Waals surface area contributed by atoms with Crippen LogP contribution in [0.25, 0.3) is 11.0 Å². The topological polar surface area (TPSA) is 57.0 Å². The highest BCUT2D eigenvalue weighted by atomic mass is 127. The Hall–Kier alpha value is -0.890. The van der Waals surface area contributed by atoms with Crippen LogP contribution in [0.4, 0.5) is 0 Å². The molecule has 0 N–H and O–H groups in total. The summed E-state index contributed by atoms with van der Waals surface area (Å²) >= 11 is 8.33. The molecule has 0 unspecified atom stereocenters. The average Bonchev–Trinajstić information content (AvgIpc) is 2.66. The third-order valence-electron chi connectivity index (χ3n) is 3.56. The fourth-order valence-corrected chi connectivity index (χ4v) is 3.64. The van der Waals surface area contributed by atoms with Gasteiger partial charge < -0.3 is 9.30 Å². The molecule has 1 aliphatic carbocycles. The number of rotatable bonds is 2. The van der Waals surface area contributed by atoms with Crippen LogP contribution in [0.1, 0.15) is 18.9 Å². The van der Waals surface area contributed by atoms with Crippen molar-refractivity contribution in [2.24, 2.45) is 5.92 Å². The first-order valence-electron chi connectivity index (χ1n) is 5.86. The van der Waals surface area contributed by atoms with E-state index in [1.54, 1.807) is 0 Å². The number of fused-ring (bicyclic) bond motifs is 1. The lowest BCUT2D eigenvalue weighted by molar-refractivity contribution is -0.149. The Morgan fingerprint density at radius 2 is 2.26 bits per heavy atom. The zero-order chi connectivity index (χ0) is 13.6. The zero-order valence-electron chi connectivity index (χ0n) is 10.1. The molecular formula is C12H11ClIN3O2. The Morgan fingerprint density at radius 1 is 1.53 bits per heavy atom. The van der Waals surface area contributed by atoms with E-state index in [1.165, 1.54) is 13.4 Å². The second-order valence-corrected chi connectivity index (χ2v) is 6.11. The average molecular weight is 392 g/mol. The minimum Gasteiger partial charge on any atom is -0.469 e. The fraction of sp³-hybridized carbons (Fsp3) is 0.417. The lowest BCUT2D eigenvalue weighted by atomic mass is 9.80. The van der Waals surface area contributed by atoms with E-state index in [4.69, 9.17) is 16.3 Å². The van der Waals surface area contributed by atoms with Crippen molar-refractivity contribution in [3.63, 3.8) is 0 Å². The maximum atomic E-state index is 11.4. The fourth-order valence-electron chi connectivity index (χ4n) is 2.46. The Bertz CT molecular complexity index is 652. The summed E-state index contributed by atoms with van der Waals surface area (Å²) < 4.78 is 7.87. The lowest BCUT2D eigenvalue weighted by Crippen LogP contribution is -2.33. The van der Waals surface area contributed by atoms with E-state index in [9.17, 15) is 4.79 Å². The number of hydrogen-bond donors (Lipinski definition) is 0. The summed E-state index contributed by atoms with van der Waals surface area (Å²) in [6, 6.07) is 0.279. The van der Waals surface area contributed by atoms with Crippen molar-refractivity contribution in [1.29, 1.82) is 0 Å². The van der Waals surface area contributed by atoms with Crippen molar-refractivity contribution in [3.8, 4) is 0 Å². The summed E-state index contributed by atoms with van der Waals surface area (Å²) in [6.07, 6.45) is 5.06. The van der Waals surface area contributed by atoms with Crippen molar-refractivity contribution in [2.75, 3.05) is 7.11 Å². The predicted molar refractivity (Wildman–Crippen MR) is 79.0 cm³/mol. The summed E-state index contributed by atoms with van der Waals surface area (Å²) in [7, 11) is 1.43. The molecule has 7 heteroatoms. The number of methoxy groups -OCH3 is 1. The molecular weight excluding hydrogens is 381 g/mol. The van der Waals surface area contributed by atoms with E-state index >= 15 is 0 Å². The first-order chi connectivity index (χ1) is 9.11. The van der Waals surface area contributed by atoms with Gasteiger partial charge in [-0.15, -0.1) is 0 Å². The minimum absolute atomic E-state index is 0.00224. The molecule has 0 saturated heterocycles. The van der Waals surface area contributed by atoms with E-state index in [2.05, 4.69) is 37.1 Å². The van der Waals surface area contributed by atoms with Gasteiger partial charge in [-0.2, -0.15) is 0 Å². The van der Waals surface area contributed by atoms with Crippen molar-refractivity contribution in [3.05, 3.63) is 21.2 Å². The SMILES string of the molecule is COC(=O)C1CC(n2cc(I)c3c(Cl)ncnc32)C1. The van der Waals surface area contributed by atoms with Crippen LogP contribution in [-0.4, -0.2) is 27.6 Å². The Kier molecular flexibility index (Phi) is 3.38. The number of ether oxygens (including phenoxy) is 1. The molecule has 100 valence electrons. The van der Waals surface area contributed by atoms with Crippen molar-refractivity contribution < 1.29 is 9.53 Å². The largest absolute Gasteiger partial charge is 0.469 e. The number of nitrogens with zero attached hydrogens (tertiary/aromatic N) is 3. The third kappa shape index (κ3) is 2.10. The third-order valence-corrected chi connectivity index (χ3v) is 4.66. The van der Waals surface area contributed by atoms with E-state index in [-0.39, 0.29) is 17.9 Å². The first kappa shape index (κ1) is 13.1. The summed E-state index contributed by atoms with van der Waals surface area (Å²) in [6.45, 7) is 0. The quantitative estimate of drug-likeness (QED) is 0.449. The number of carbonyl (C=O) groups excluding carboxylic acids is 1. The molecule has 2 aromatic heterocycles. The smallest absolute Gasteiger partial charge is 0.308 e. The number of halogens is 2. The van der Waals surface area contributed by atoms with Crippen LogP contribution >= 0.6 is 34.2 Å². The summed E-state index contributed by atoms with van der Waals surface area (Å²) in [5, 5.41) is 1.35. The van der Waals surface area contributed by atoms with Gasteiger partial charge in [0.2, 0.25) is 0 Å². The number of carbonyl (C=O) groups is 1. The Balaban J connectivity index is 1.92. The molecule has 19 heavy (non-hydrogen) atoms. The first-order valence-corrected chi connectivity index (χ1v) is 7.32. The van der Waals surface area contributed by atoms with Crippen molar-refractivity contribution in [1.82, 2.24) is 14.5 Å². The molecule has 0 amide bonds. The van der Waals surface area contributed by atoms with Gasteiger partial charge in [-0.1, -0.05) is 11.6 Å². The molecule has 1 aliphatic rings. The second-order valence-electron chi connectivity index (χ2n) is 4.59. The molecule has 0 bridgehead atoms. The molecule has 1 fully saturated rings. The monoisotopic (exact) mass is 391 g/mol. The molecule has 2 heterocycles. The molecule has 5 nitrogen and oxygen atoms in total. The molecule has 2 aromatic rings. The van der Waals surface area contributed by atoms with Crippen molar-refractivity contribution >= 4 is 51.2 Å². The van der Waals surface area contributed by atoms with Gasteiger partial charge in [0.15, 0.2) is 0 Å². The van der Waals surface area contributed by atoms with Crippen LogP contribution in [0.3, 0.4) is 0 Å². The molecule has 1 saturated carbocycles. The van der Waals surface area contributed by atoms with Gasteiger partial charge in [-0.05, 0) is 35.4 Å². The van der Waals surface area contributed by atoms with Gasteiger partial charge >= 0.3 is 5.97 Å². The molecule has 3 rings (SSSR count). The predicted octanol–water partition coefficient (Wildman–Crippen LogP) is 2.81. The Morgan fingerprint density at radius 3 is 2.95 bits per heavy atom. The normalized spacial score (nSPS) is 22.3.